The van der Waals surface area contributed by atoms with Gasteiger partial charge in [0.25, 0.3) is 5.91 Å². The SMILES string of the molecule is COc1ccc(NC(=O)c2cnn(-c3ccc(C(F)(F)F)cn3)c2C(F)(F)F)cn1. The summed E-state index contributed by atoms with van der Waals surface area (Å²) >= 11 is 0. The number of amides is 1. The Morgan fingerprint density at radius 1 is 0.967 bits per heavy atom. The summed E-state index contributed by atoms with van der Waals surface area (Å²) in [5.74, 6) is -1.46. The third kappa shape index (κ3) is 4.34. The number of halogens is 6. The molecule has 0 radical (unpaired) electrons. The quantitative estimate of drug-likeness (QED) is 0.633. The molecule has 13 heteroatoms. The van der Waals surface area contributed by atoms with Crippen LogP contribution >= 0.6 is 0 Å². The van der Waals surface area contributed by atoms with Crippen LogP contribution in [0, 0.1) is 0 Å². The zero-order chi connectivity index (χ0) is 22.1. The minimum Gasteiger partial charge on any atom is -0.481 e. The van der Waals surface area contributed by atoms with Crippen molar-refractivity contribution in [2.24, 2.45) is 0 Å². The maximum absolute atomic E-state index is 13.6. The summed E-state index contributed by atoms with van der Waals surface area (Å²) in [6, 6.07) is 4.03. The topological polar surface area (TPSA) is 81.9 Å². The van der Waals surface area contributed by atoms with Crippen LogP contribution in [0.2, 0.25) is 0 Å². The van der Waals surface area contributed by atoms with E-state index in [1.165, 1.54) is 25.4 Å². The van der Waals surface area contributed by atoms with E-state index in [4.69, 9.17) is 4.74 Å². The average molecular weight is 431 g/mol. The largest absolute Gasteiger partial charge is 0.481 e. The van der Waals surface area contributed by atoms with Gasteiger partial charge in [0, 0.05) is 12.3 Å². The van der Waals surface area contributed by atoms with E-state index in [0.29, 0.717) is 18.5 Å². The van der Waals surface area contributed by atoms with E-state index in [9.17, 15) is 31.1 Å². The molecule has 0 fully saturated rings. The van der Waals surface area contributed by atoms with Crippen LogP contribution in [0.25, 0.3) is 5.82 Å². The molecular formula is C17H11F6N5O2. The summed E-state index contributed by atoms with van der Waals surface area (Å²) < 4.78 is 83.9. The summed E-state index contributed by atoms with van der Waals surface area (Å²) in [6.07, 6.45) is -7.56. The van der Waals surface area contributed by atoms with Crippen LogP contribution in [-0.2, 0) is 12.4 Å². The molecule has 0 atom stereocenters. The summed E-state index contributed by atoms with van der Waals surface area (Å²) in [4.78, 5) is 19.6. The zero-order valence-corrected chi connectivity index (χ0v) is 14.9. The van der Waals surface area contributed by atoms with Gasteiger partial charge in [0.15, 0.2) is 11.5 Å². The number of nitrogens with one attached hydrogen (secondary N) is 1. The molecule has 0 spiro atoms. The molecule has 0 aliphatic heterocycles. The Morgan fingerprint density at radius 2 is 1.70 bits per heavy atom. The Bertz CT molecular complexity index is 1040. The first-order chi connectivity index (χ1) is 14.0. The van der Waals surface area contributed by atoms with Crippen molar-refractivity contribution in [2.45, 2.75) is 12.4 Å². The Hall–Kier alpha value is -3.64. The van der Waals surface area contributed by atoms with E-state index in [2.05, 4.69) is 20.4 Å². The zero-order valence-electron chi connectivity index (χ0n) is 14.9. The average Bonchev–Trinajstić information content (AvgIpc) is 3.14. The standard InChI is InChI=1S/C17H11F6N5O2/c1-30-13-5-3-10(7-25-13)27-15(29)11-8-26-28(14(11)17(21,22)23)12-4-2-9(6-24-12)16(18,19)20/h2-8H,1H3,(H,27,29). The fraction of sp³-hybridized carbons (Fsp3) is 0.176. The number of ether oxygens (including phenoxy) is 1. The van der Waals surface area contributed by atoms with Crippen LogP contribution in [0.5, 0.6) is 5.88 Å². The summed E-state index contributed by atoms with van der Waals surface area (Å²) in [6.45, 7) is 0. The van der Waals surface area contributed by atoms with Gasteiger partial charge in [0.2, 0.25) is 5.88 Å². The molecule has 0 saturated heterocycles. The van der Waals surface area contributed by atoms with Gasteiger partial charge in [-0.25, -0.2) is 14.6 Å². The fourth-order valence-electron chi connectivity index (χ4n) is 2.41. The number of alkyl halides is 6. The highest BCUT2D eigenvalue weighted by Gasteiger charge is 2.41. The molecule has 30 heavy (non-hydrogen) atoms. The van der Waals surface area contributed by atoms with Gasteiger partial charge in [-0.2, -0.15) is 31.4 Å². The van der Waals surface area contributed by atoms with Crippen LogP contribution in [0.15, 0.2) is 42.9 Å². The molecular weight excluding hydrogens is 420 g/mol. The summed E-state index contributed by atoms with van der Waals surface area (Å²) in [7, 11) is 1.36. The van der Waals surface area contributed by atoms with E-state index in [0.717, 1.165) is 6.07 Å². The normalized spacial score (nSPS) is 12.0. The van der Waals surface area contributed by atoms with E-state index in [-0.39, 0.29) is 16.2 Å². The van der Waals surface area contributed by atoms with Crippen molar-refractivity contribution in [3.05, 3.63) is 59.7 Å². The first kappa shape index (κ1) is 21.1. The van der Waals surface area contributed by atoms with Gasteiger partial charge in [-0.1, -0.05) is 0 Å². The Morgan fingerprint density at radius 3 is 2.20 bits per heavy atom. The van der Waals surface area contributed by atoms with Gasteiger partial charge < -0.3 is 10.1 Å². The fourth-order valence-corrected chi connectivity index (χ4v) is 2.41. The van der Waals surface area contributed by atoms with E-state index in [1.807, 2.05) is 0 Å². The van der Waals surface area contributed by atoms with Crippen LogP contribution in [-0.4, -0.2) is 32.8 Å². The first-order valence-electron chi connectivity index (χ1n) is 8.01. The number of nitrogens with zero attached hydrogens (tertiary/aromatic N) is 4. The van der Waals surface area contributed by atoms with Gasteiger partial charge in [0.1, 0.15) is 0 Å². The number of rotatable bonds is 4. The predicted molar refractivity (Wildman–Crippen MR) is 90.1 cm³/mol. The number of methoxy groups -OCH3 is 1. The van der Waals surface area contributed by atoms with E-state index >= 15 is 0 Å². The molecule has 0 unspecified atom stereocenters. The molecule has 0 aliphatic rings. The van der Waals surface area contributed by atoms with Gasteiger partial charge in [-0.15, -0.1) is 0 Å². The number of anilines is 1. The molecule has 1 amide bonds. The third-order valence-corrected chi connectivity index (χ3v) is 3.78. The molecule has 3 heterocycles. The minimum absolute atomic E-state index is 0.0920. The van der Waals surface area contributed by atoms with Crippen LogP contribution in [0.3, 0.4) is 0 Å². The van der Waals surface area contributed by atoms with Crippen molar-refractivity contribution in [3.63, 3.8) is 0 Å². The van der Waals surface area contributed by atoms with Crippen LogP contribution in [0.1, 0.15) is 21.6 Å². The Labute approximate surface area is 164 Å². The second-order valence-corrected chi connectivity index (χ2v) is 5.76. The maximum Gasteiger partial charge on any atom is 0.434 e. The monoisotopic (exact) mass is 431 g/mol. The van der Waals surface area contributed by atoms with Gasteiger partial charge >= 0.3 is 12.4 Å². The molecule has 3 aromatic rings. The lowest BCUT2D eigenvalue weighted by molar-refractivity contribution is -0.143. The number of carbonyl (C=O) groups is 1. The molecule has 0 aromatic carbocycles. The number of pyridine rings is 2. The second kappa shape index (κ2) is 7.65. The maximum atomic E-state index is 13.6. The second-order valence-electron chi connectivity index (χ2n) is 5.76. The molecule has 7 nitrogen and oxygen atoms in total. The molecule has 158 valence electrons. The van der Waals surface area contributed by atoms with E-state index < -0.39 is 40.9 Å². The highest BCUT2D eigenvalue weighted by atomic mass is 19.4. The summed E-state index contributed by atoms with van der Waals surface area (Å²) in [5, 5.41) is 5.73. The molecule has 0 aliphatic carbocycles. The van der Waals surface area contributed by atoms with Crippen molar-refractivity contribution in [2.75, 3.05) is 12.4 Å². The van der Waals surface area contributed by atoms with Crippen molar-refractivity contribution in [3.8, 4) is 11.7 Å². The van der Waals surface area contributed by atoms with E-state index in [1.54, 1.807) is 0 Å². The number of hydrogen-bond donors (Lipinski definition) is 1. The van der Waals surface area contributed by atoms with Gasteiger partial charge in [-0.05, 0) is 18.2 Å². The van der Waals surface area contributed by atoms with Crippen LogP contribution in [0.4, 0.5) is 32.0 Å². The number of carbonyl (C=O) groups excluding carboxylic acids is 1. The van der Waals surface area contributed by atoms with Crippen molar-refractivity contribution in [1.29, 1.82) is 0 Å². The van der Waals surface area contributed by atoms with Crippen molar-refractivity contribution >= 4 is 11.6 Å². The molecule has 3 rings (SSSR count). The Kier molecular flexibility index (Phi) is 5.37. The highest BCUT2D eigenvalue weighted by Crippen LogP contribution is 2.34. The van der Waals surface area contributed by atoms with Crippen LogP contribution < -0.4 is 10.1 Å². The third-order valence-electron chi connectivity index (χ3n) is 3.78. The lowest BCUT2D eigenvalue weighted by Crippen LogP contribution is -2.21. The van der Waals surface area contributed by atoms with Gasteiger partial charge in [0.05, 0.1) is 36.3 Å². The lowest BCUT2D eigenvalue weighted by Gasteiger charge is -2.13. The smallest absolute Gasteiger partial charge is 0.434 e. The van der Waals surface area contributed by atoms with Crippen molar-refractivity contribution in [1.82, 2.24) is 19.7 Å². The lowest BCUT2D eigenvalue weighted by atomic mass is 10.2. The minimum atomic E-state index is -5.05. The molecule has 0 saturated carbocycles. The Balaban J connectivity index is 1.96. The van der Waals surface area contributed by atoms with Crippen molar-refractivity contribution < 1.29 is 35.9 Å². The summed E-state index contributed by atoms with van der Waals surface area (Å²) in [5.41, 5.74) is -3.39. The highest BCUT2D eigenvalue weighted by molar-refractivity contribution is 6.05. The first-order valence-corrected chi connectivity index (χ1v) is 8.01. The molecule has 0 bridgehead atoms. The predicted octanol–water partition coefficient (Wildman–Crippen LogP) is 3.96. The molecule has 3 aromatic heterocycles. The van der Waals surface area contributed by atoms with Gasteiger partial charge in [-0.3, -0.25) is 4.79 Å². The number of aromatic nitrogens is 4. The number of hydrogen-bond acceptors (Lipinski definition) is 5. The molecule has 1 N–H and O–H groups in total.